The molecule has 1 fully saturated rings. The molecule has 0 radical (unpaired) electrons. The molecule has 0 heteroatoms. The van der Waals surface area contributed by atoms with Gasteiger partial charge in [0.1, 0.15) is 0 Å². The summed E-state index contributed by atoms with van der Waals surface area (Å²) in [6.45, 7) is 29.2. The molecule has 1 aliphatic carbocycles. The summed E-state index contributed by atoms with van der Waals surface area (Å²) in [6.07, 6.45) is 5.71. The average Bonchev–Trinajstić information content (AvgIpc) is 2.45. The van der Waals surface area contributed by atoms with Crippen molar-refractivity contribution in [1.29, 1.82) is 0 Å². The first-order valence-corrected chi connectivity index (χ1v) is 11.0. The highest BCUT2D eigenvalue weighted by Crippen LogP contribution is 2.32. The van der Waals surface area contributed by atoms with Gasteiger partial charge in [-0.15, -0.1) is 0 Å². The lowest BCUT2D eigenvalue weighted by atomic mass is 9.77. The number of hydrogen-bond donors (Lipinski definition) is 0. The Labute approximate surface area is 157 Å². The molecule has 1 rings (SSSR count). The van der Waals surface area contributed by atoms with Crippen molar-refractivity contribution in [2.75, 3.05) is 0 Å². The molecule has 3 atom stereocenters. The summed E-state index contributed by atoms with van der Waals surface area (Å²) < 4.78 is 0. The molecule has 0 bridgehead atoms. The second-order valence-electron chi connectivity index (χ2n) is 9.16. The third kappa shape index (κ3) is 18.3. The van der Waals surface area contributed by atoms with Gasteiger partial charge in [0.25, 0.3) is 0 Å². The second kappa shape index (κ2) is 17.8. The topological polar surface area (TPSA) is 0 Å². The molecule has 1 saturated carbocycles. The van der Waals surface area contributed by atoms with Crippen LogP contribution in [0.2, 0.25) is 0 Å². The Morgan fingerprint density at radius 3 is 1.25 bits per heavy atom. The second-order valence-corrected chi connectivity index (χ2v) is 9.16. The van der Waals surface area contributed by atoms with Crippen LogP contribution in [0.25, 0.3) is 0 Å². The van der Waals surface area contributed by atoms with Crippen molar-refractivity contribution < 1.29 is 0 Å². The van der Waals surface area contributed by atoms with Crippen LogP contribution in [0.1, 0.15) is 116 Å². The summed E-state index contributed by atoms with van der Waals surface area (Å²) in [5.41, 5.74) is 0. The maximum Gasteiger partial charge on any atom is -0.0371 e. The van der Waals surface area contributed by atoms with E-state index in [1.807, 2.05) is 13.8 Å². The van der Waals surface area contributed by atoms with E-state index in [4.69, 9.17) is 0 Å². The summed E-state index contributed by atoms with van der Waals surface area (Å²) >= 11 is 0. The third-order valence-electron chi connectivity index (χ3n) is 5.04. The molecule has 24 heavy (non-hydrogen) atoms. The third-order valence-corrected chi connectivity index (χ3v) is 5.04. The van der Waals surface area contributed by atoms with Crippen LogP contribution in [0, 0.1) is 41.4 Å². The fraction of sp³-hybridized carbons (Fsp3) is 1.00. The lowest BCUT2D eigenvalue weighted by Gasteiger charge is -2.29. The highest BCUT2D eigenvalue weighted by molar-refractivity contribution is 4.72. The molecule has 0 N–H and O–H groups in total. The molecule has 0 saturated heterocycles. The van der Waals surface area contributed by atoms with Crippen LogP contribution < -0.4 is 0 Å². The van der Waals surface area contributed by atoms with E-state index in [2.05, 4.69) is 76.2 Å². The zero-order valence-corrected chi connectivity index (χ0v) is 19.9. The summed E-state index contributed by atoms with van der Waals surface area (Å²) in [4.78, 5) is 0. The molecule has 0 aromatic heterocycles. The summed E-state index contributed by atoms with van der Waals surface area (Å²) in [7, 11) is 0. The molecule has 0 aromatic rings. The maximum absolute atomic E-state index is 2.39. The molecular weight excluding hydrogens is 288 g/mol. The Morgan fingerprint density at radius 1 is 0.708 bits per heavy atom. The van der Waals surface area contributed by atoms with Crippen LogP contribution in [0.15, 0.2) is 0 Å². The van der Waals surface area contributed by atoms with Crippen molar-refractivity contribution in [2.24, 2.45) is 41.4 Å². The first-order valence-electron chi connectivity index (χ1n) is 11.0. The van der Waals surface area contributed by atoms with Crippen molar-refractivity contribution in [1.82, 2.24) is 0 Å². The molecular formula is C24H54. The minimum atomic E-state index is 0.833. The maximum atomic E-state index is 2.39. The van der Waals surface area contributed by atoms with E-state index in [-0.39, 0.29) is 0 Å². The Bertz CT molecular complexity index is 215. The Hall–Kier alpha value is 0. The van der Waals surface area contributed by atoms with Gasteiger partial charge in [-0.05, 0) is 47.8 Å². The standard InChI is InChI=1S/C9H18.C9H20.C4H10.C2H6/c1-7-4-5-8(2)9(3)6-7;1-6-9(7(2)3)8(4)5;1-4(2)3;1-2/h7-9H,4-6H2,1-3H3;7-9H,6H2,1-5H3;4H,1-3H3;1-2H3. The van der Waals surface area contributed by atoms with Crippen LogP contribution in [-0.2, 0) is 0 Å². The number of rotatable bonds is 3. The Balaban J connectivity index is -0.000000279. The van der Waals surface area contributed by atoms with Crippen LogP contribution in [0.3, 0.4) is 0 Å². The molecule has 0 aromatic carbocycles. The van der Waals surface area contributed by atoms with Gasteiger partial charge in [0.2, 0.25) is 0 Å². The summed E-state index contributed by atoms with van der Waals surface area (Å²) in [5.74, 6) is 6.43. The Kier molecular flexibility index (Phi) is 21.4. The van der Waals surface area contributed by atoms with Crippen LogP contribution in [0.4, 0.5) is 0 Å². The first-order chi connectivity index (χ1) is 11.0. The lowest BCUT2D eigenvalue weighted by molar-refractivity contribution is 0.220. The van der Waals surface area contributed by atoms with Crippen molar-refractivity contribution in [3.05, 3.63) is 0 Å². The van der Waals surface area contributed by atoms with Gasteiger partial charge >= 0.3 is 0 Å². The van der Waals surface area contributed by atoms with Gasteiger partial charge in [-0.2, -0.15) is 0 Å². The molecule has 1 aliphatic rings. The van der Waals surface area contributed by atoms with Gasteiger partial charge in [-0.3, -0.25) is 0 Å². The lowest BCUT2D eigenvalue weighted by Crippen LogP contribution is -2.18. The normalized spacial score (nSPS) is 23.1. The highest BCUT2D eigenvalue weighted by atomic mass is 14.3. The van der Waals surface area contributed by atoms with E-state index in [1.54, 1.807) is 0 Å². The molecule has 0 heterocycles. The molecule has 0 nitrogen and oxygen atoms in total. The van der Waals surface area contributed by atoms with E-state index in [1.165, 1.54) is 25.7 Å². The first kappa shape index (κ1) is 28.8. The number of hydrogen-bond acceptors (Lipinski definition) is 0. The fourth-order valence-electron chi connectivity index (χ4n) is 3.53. The largest absolute Gasteiger partial charge is 0.0683 e. The minimum absolute atomic E-state index is 0.833. The van der Waals surface area contributed by atoms with E-state index in [0.717, 1.165) is 41.4 Å². The summed E-state index contributed by atoms with van der Waals surface area (Å²) in [6, 6.07) is 0. The van der Waals surface area contributed by atoms with Gasteiger partial charge in [-0.25, -0.2) is 0 Å². The van der Waals surface area contributed by atoms with E-state index < -0.39 is 0 Å². The van der Waals surface area contributed by atoms with Crippen molar-refractivity contribution in [3.8, 4) is 0 Å². The quantitative estimate of drug-likeness (QED) is 0.479. The SMILES string of the molecule is CC.CC(C)C.CC1CCC(C)C(C)C1.CCC(C(C)C)C(C)C. The smallest absolute Gasteiger partial charge is 0.0371 e. The molecule has 3 unspecified atom stereocenters. The van der Waals surface area contributed by atoms with Gasteiger partial charge in [0, 0.05) is 0 Å². The van der Waals surface area contributed by atoms with Gasteiger partial charge in [-0.1, -0.05) is 109 Å². The van der Waals surface area contributed by atoms with Gasteiger partial charge < -0.3 is 0 Å². The Morgan fingerprint density at radius 2 is 1.08 bits per heavy atom. The fourth-order valence-corrected chi connectivity index (χ4v) is 3.53. The predicted molar refractivity (Wildman–Crippen MR) is 117 cm³/mol. The zero-order chi connectivity index (χ0) is 19.9. The van der Waals surface area contributed by atoms with Crippen molar-refractivity contribution in [3.63, 3.8) is 0 Å². The van der Waals surface area contributed by atoms with E-state index in [0.29, 0.717) is 0 Å². The van der Waals surface area contributed by atoms with Gasteiger partial charge in [0.05, 0.1) is 0 Å². The average molecular weight is 343 g/mol. The molecule has 0 aliphatic heterocycles. The van der Waals surface area contributed by atoms with Crippen molar-refractivity contribution in [2.45, 2.75) is 116 Å². The van der Waals surface area contributed by atoms with E-state index >= 15 is 0 Å². The van der Waals surface area contributed by atoms with Crippen LogP contribution in [0.5, 0.6) is 0 Å². The van der Waals surface area contributed by atoms with E-state index in [9.17, 15) is 0 Å². The minimum Gasteiger partial charge on any atom is -0.0683 e. The molecule has 150 valence electrons. The molecule has 0 amide bonds. The molecule has 0 spiro atoms. The van der Waals surface area contributed by atoms with Crippen molar-refractivity contribution >= 4 is 0 Å². The van der Waals surface area contributed by atoms with Gasteiger partial charge in [0.15, 0.2) is 0 Å². The monoisotopic (exact) mass is 342 g/mol. The predicted octanol–water partition coefficient (Wildman–Crippen LogP) is 9.09. The highest BCUT2D eigenvalue weighted by Gasteiger charge is 2.20. The van der Waals surface area contributed by atoms with Crippen LogP contribution in [-0.4, -0.2) is 0 Å². The van der Waals surface area contributed by atoms with Crippen LogP contribution >= 0.6 is 0 Å². The zero-order valence-electron chi connectivity index (χ0n) is 19.9. The summed E-state index contributed by atoms with van der Waals surface area (Å²) in [5, 5.41) is 0.